The van der Waals surface area contributed by atoms with Crippen LogP contribution in [-0.4, -0.2) is 47.2 Å². The first-order valence-electron chi connectivity index (χ1n) is 8.05. The summed E-state index contributed by atoms with van der Waals surface area (Å²) < 4.78 is 7.12. The van der Waals surface area contributed by atoms with Crippen LogP contribution in [0.1, 0.15) is 17.5 Å². The summed E-state index contributed by atoms with van der Waals surface area (Å²) in [7, 11) is 1.67. The predicted molar refractivity (Wildman–Crippen MR) is 88.0 cm³/mol. The van der Waals surface area contributed by atoms with E-state index in [9.17, 15) is 4.79 Å². The zero-order valence-electron chi connectivity index (χ0n) is 13.5. The number of benzene rings is 1. The van der Waals surface area contributed by atoms with E-state index in [1.807, 2.05) is 17.4 Å². The van der Waals surface area contributed by atoms with Gasteiger partial charge in [-0.2, -0.15) is 0 Å². The van der Waals surface area contributed by atoms with Crippen LogP contribution in [0, 0.1) is 5.92 Å². The third kappa shape index (κ3) is 4.20. The first kappa shape index (κ1) is 15.7. The van der Waals surface area contributed by atoms with Gasteiger partial charge in [-0.25, -0.2) is 4.98 Å². The maximum Gasteiger partial charge on any atom is 0.223 e. The highest BCUT2D eigenvalue weighted by molar-refractivity contribution is 5.78. The van der Waals surface area contributed by atoms with E-state index >= 15 is 0 Å². The lowest BCUT2D eigenvalue weighted by molar-refractivity contribution is -0.128. The minimum absolute atomic E-state index is 0.253. The Morgan fingerprint density at radius 2 is 2.04 bits per heavy atom. The van der Waals surface area contributed by atoms with Crippen molar-refractivity contribution in [2.24, 2.45) is 5.92 Å². The van der Waals surface area contributed by atoms with Crippen molar-refractivity contribution >= 4 is 5.91 Å². The number of hydrogen-bond donors (Lipinski definition) is 0. The number of aromatic nitrogens is 2. The van der Waals surface area contributed by atoms with E-state index in [4.69, 9.17) is 4.74 Å². The van der Waals surface area contributed by atoms with Crippen LogP contribution in [-0.2, 0) is 22.5 Å². The standard InChI is InChI=1S/C18H23N3O2/c1-23-9-8-21-13-17(11-18(21)22)10-15-2-4-16(5-3-15)12-20-7-6-19-14-20/h2-7,14,17H,8-13H2,1H3/t17-/m0/s1. The summed E-state index contributed by atoms with van der Waals surface area (Å²) in [6, 6.07) is 8.67. The second kappa shape index (κ2) is 7.42. The summed E-state index contributed by atoms with van der Waals surface area (Å²) >= 11 is 0. The number of carbonyl (C=O) groups excluding carboxylic acids is 1. The molecule has 1 fully saturated rings. The highest BCUT2D eigenvalue weighted by Crippen LogP contribution is 2.22. The van der Waals surface area contributed by atoms with E-state index in [-0.39, 0.29) is 5.91 Å². The number of likely N-dealkylation sites (tertiary alicyclic amines) is 1. The van der Waals surface area contributed by atoms with Crippen molar-refractivity contribution in [3.8, 4) is 0 Å². The topological polar surface area (TPSA) is 47.4 Å². The van der Waals surface area contributed by atoms with Gasteiger partial charge in [0.15, 0.2) is 0 Å². The fraction of sp³-hybridized carbons (Fsp3) is 0.444. The van der Waals surface area contributed by atoms with Crippen LogP contribution in [0.3, 0.4) is 0 Å². The molecule has 0 N–H and O–H groups in total. The molecule has 0 spiro atoms. The predicted octanol–water partition coefficient (Wildman–Crippen LogP) is 1.97. The number of ether oxygens (including phenoxy) is 1. The van der Waals surface area contributed by atoms with Crippen molar-refractivity contribution in [1.82, 2.24) is 14.5 Å². The van der Waals surface area contributed by atoms with Gasteiger partial charge in [0.1, 0.15) is 0 Å². The molecule has 1 amide bonds. The van der Waals surface area contributed by atoms with E-state index in [1.54, 1.807) is 13.3 Å². The highest BCUT2D eigenvalue weighted by Gasteiger charge is 2.28. The number of carbonyl (C=O) groups is 1. The Kier molecular flexibility index (Phi) is 5.08. The minimum Gasteiger partial charge on any atom is -0.383 e. The molecule has 0 aliphatic carbocycles. The number of rotatable bonds is 7. The van der Waals surface area contributed by atoms with E-state index in [0.717, 1.165) is 19.5 Å². The summed E-state index contributed by atoms with van der Waals surface area (Å²) in [6.45, 7) is 3.00. The van der Waals surface area contributed by atoms with Crippen molar-refractivity contribution in [1.29, 1.82) is 0 Å². The van der Waals surface area contributed by atoms with Gasteiger partial charge in [0.2, 0.25) is 5.91 Å². The van der Waals surface area contributed by atoms with E-state index in [2.05, 4.69) is 33.8 Å². The van der Waals surface area contributed by atoms with E-state index < -0.39 is 0 Å². The largest absolute Gasteiger partial charge is 0.383 e. The van der Waals surface area contributed by atoms with Gasteiger partial charge in [-0.15, -0.1) is 0 Å². The van der Waals surface area contributed by atoms with Gasteiger partial charge in [-0.1, -0.05) is 24.3 Å². The van der Waals surface area contributed by atoms with Gasteiger partial charge in [-0.05, 0) is 23.5 Å². The molecule has 1 aliphatic heterocycles. The molecule has 3 rings (SSSR count). The maximum atomic E-state index is 12.0. The van der Waals surface area contributed by atoms with Crippen molar-refractivity contribution in [3.63, 3.8) is 0 Å². The molecule has 1 aliphatic rings. The van der Waals surface area contributed by atoms with Crippen molar-refractivity contribution in [3.05, 3.63) is 54.1 Å². The van der Waals surface area contributed by atoms with Gasteiger partial charge < -0.3 is 14.2 Å². The number of nitrogens with zero attached hydrogens (tertiary/aromatic N) is 3. The molecule has 0 bridgehead atoms. The highest BCUT2D eigenvalue weighted by atomic mass is 16.5. The van der Waals surface area contributed by atoms with Crippen molar-refractivity contribution in [2.75, 3.05) is 26.8 Å². The number of imidazole rings is 1. The van der Waals surface area contributed by atoms with Crippen molar-refractivity contribution < 1.29 is 9.53 Å². The van der Waals surface area contributed by atoms with Gasteiger partial charge in [0.25, 0.3) is 0 Å². The number of methoxy groups -OCH3 is 1. The molecule has 1 aromatic heterocycles. The first-order valence-corrected chi connectivity index (χ1v) is 8.05. The lowest BCUT2D eigenvalue weighted by Gasteiger charge is -2.16. The molecular formula is C18H23N3O2. The Bertz CT molecular complexity index is 622. The van der Waals surface area contributed by atoms with Crippen LogP contribution < -0.4 is 0 Å². The fourth-order valence-electron chi connectivity index (χ4n) is 3.11. The Balaban J connectivity index is 1.53. The van der Waals surface area contributed by atoms with Crippen LogP contribution in [0.4, 0.5) is 0 Å². The molecule has 5 heteroatoms. The molecule has 1 aromatic carbocycles. The minimum atomic E-state index is 0.253. The summed E-state index contributed by atoms with van der Waals surface area (Å²) in [6.07, 6.45) is 7.20. The molecule has 2 heterocycles. The third-order valence-corrected chi connectivity index (χ3v) is 4.33. The molecule has 2 aromatic rings. The molecule has 0 unspecified atom stereocenters. The van der Waals surface area contributed by atoms with Crippen LogP contribution >= 0.6 is 0 Å². The van der Waals surface area contributed by atoms with E-state index in [0.29, 0.717) is 25.5 Å². The molecule has 23 heavy (non-hydrogen) atoms. The lowest BCUT2D eigenvalue weighted by Crippen LogP contribution is -2.28. The number of hydrogen-bond acceptors (Lipinski definition) is 3. The SMILES string of the molecule is COCCN1C[C@@H](Cc2ccc(Cn3ccnc3)cc2)CC1=O. The van der Waals surface area contributed by atoms with Crippen molar-refractivity contribution in [2.45, 2.75) is 19.4 Å². The first-order chi connectivity index (χ1) is 11.2. The second-order valence-electron chi connectivity index (χ2n) is 6.16. The van der Waals surface area contributed by atoms with Crippen LogP contribution in [0.5, 0.6) is 0 Å². The molecule has 1 saturated heterocycles. The quantitative estimate of drug-likeness (QED) is 0.785. The average Bonchev–Trinajstić information content (AvgIpc) is 3.17. The zero-order valence-corrected chi connectivity index (χ0v) is 13.5. The summed E-state index contributed by atoms with van der Waals surface area (Å²) in [5, 5.41) is 0. The average molecular weight is 313 g/mol. The number of amides is 1. The Hall–Kier alpha value is -2.14. The van der Waals surface area contributed by atoms with Crippen LogP contribution in [0.25, 0.3) is 0 Å². The zero-order chi connectivity index (χ0) is 16.1. The van der Waals surface area contributed by atoms with E-state index in [1.165, 1.54) is 11.1 Å². The summed E-state index contributed by atoms with van der Waals surface area (Å²) in [4.78, 5) is 17.9. The second-order valence-corrected chi connectivity index (χ2v) is 6.16. The molecule has 0 radical (unpaired) electrons. The Morgan fingerprint density at radius 3 is 2.74 bits per heavy atom. The third-order valence-electron chi connectivity index (χ3n) is 4.33. The lowest BCUT2D eigenvalue weighted by atomic mass is 9.98. The fourth-order valence-corrected chi connectivity index (χ4v) is 3.11. The van der Waals surface area contributed by atoms with Gasteiger partial charge in [-0.3, -0.25) is 4.79 Å². The maximum absolute atomic E-state index is 12.0. The molecule has 1 atom stereocenters. The van der Waals surface area contributed by atoms with Gasteiger partial charge in [0.05, 0.1) is 12.9 Å². The van der Waals surface area contributed by atoms with Crippen LogP contribution in [0.15, 0.2) is 43.0 Å². The molecular weight excluding hydrogens is 290 g/mol. The van der Waals surface area contributed by atoms with Gasteiger partial charge in [0, 0.05) is 45.6 Å². The molecule has 0 saturated carbocycles. The van der Waals surface area contributed by atoms with Crippen LogP contribution in [0.2, 0.25) is 0 Å². The smallest absolute Gasteiger partial charge is 0.223 e. The summed E-state index contributed by atoms with van der Waals surface area (Å²) in [5.41, 5.74) is 2.56. The van der Waals surface area contributed by atoms with Gasteiger partial charge >= 0.3 is 0 Å². The Labute approximate surface area is 136 Å². The normalized spacial score (nSPS) is 17.9. The Morgan fingerprint density at radius 1 is 1.26 bits per heavy atom. The monoisotopic (exact) mass is 313 g/mol. The summed E-state index contributed by atoms with van der Waals surface area (Å²) in [5.74, 6) is 0.669. The molecule has 122 valence electrons. The molecule has 5 nitrogen and oxygen atoms in total.